The molecule has 0 bridgehead atoms. The zero-order chi connectivity index (χ0) is 14.1. The topological polar surface area (TPSA) is 108 Å². The van der Waals surface area contributed by atoms with Crippen molar-refractivity contribution in [2.24, 2.45) is 0 Å². The second-order valence-electron chi connectivity index (χ2n) is 5.39. The lowest BCUT2D eigenvalue weighted by Gasteiger charge is -2.26. The lowest BCUT2D eigenvalue weighted by atomic mass is 10.0. The molecule has 4 N–H and O–H groups in total. The largest absolute Gasteiger partial charge is 0.444 e. The van der Waals surface area contributed by atoms with Crippen LogP contribution in [-0.2, 0) is 9.47 Å². The molecular formula is C11H21NO6. The van der Waals surface area contributed by atoms with Gasteiger partial charge in [0.2, 0.25) is 0 Å². The summed E-state index contributed by atoms with van der Waals surface area (Å²) in [5.74, 6) is 0. The molecule has 5 atom stereocenters. The summed E-state index contributed by atoms with van der Waals surface area (Å²) in [7, 11) is 0. The number of aliphatic hydroxyl groups excluding tert-OH is 3. The third-order valence-corrected chi connectivity index (χ3v) is 2.47. The summed E-state index contributed by atoms with van der Waals surface area (Å²) in [5.41, 5.74) is -0.673. The quantitative estimate of drug-likeness (QED) is 0.526. The molecule has 1 aliphatic rings. The average Bonchev–Trinajstić information content (AvgIpc) is 2.43. The van der Waals surface area contributed by atoms with E-state index in [0.717, 1.165) is 0 Å². The Morgan fingerprint density at radius 2 is 1.94 bits per heavy atom. The maximum absolute atomic E-state index is 11.6. The van der Waals surface area contributed by atoms with E-state index in [1.165, 1.54) is 6.92 Å². The maximum Gasteiger partial charge on any atom is 0.408 e. The third kappa shape index (κ3) is 3.81. The van der Waals surface area contributed by atoms with E-state index >= 15 is 0 Å². The van der Waals surface area contributed by atoms with Crippen LogP contribution in [0.3, 0.4) is 0 Å². The van der Waals surface area contributed by atoms with Gasteiger partial charge in [0.15, 0.2) is 6.29 Å². The van der Waals surface area contributed by atoms with Crippen molar-refractivity contribution in [2.45, 2.75) is 63.9 Å². The first-order valence-corrected chi connectivity index (χ1v) is 5.81. The molecule has 0 aromatic rings. The SMILES string of the molecule is C[C@H](O)[C@H]1O[C@H](O)[C@H](O)[C@@H]1NC(=O)OC(C)(C)C. The average molecular weight is 263 g/mol. The van der Waals surface area contributed by atoms with Gasteiger partial charge in [-0.2, -0.15) is 0 Å². The molecular weight excluding hydrogens is 242 g/mol. The molecule has 0 aromatic heterocycles. The van der Waals surface area contributed by atoms with Crippen LogP contribution in [0, 0.1) is 0 Å². The molecule has 0 radical (unpaired) electrons. The maximum atomic E-state index is 11.6. The van der Waals surface area contributed by atoms with Gasteiger partial charge < -0.3 is 30.1 Å². The summed E-state index contributed by atoms with van der Waals surface area (Å²) in [6.45, 7) is 6.55. The number of ether oxygens (including phenoxy) is 2. The monoisotopic (exact) mass is 263 g/mol. The van der Waals surface area contributed by atoms with E-state index in [1.54, 1.807) is 20.8 Å². The van der Waals surface area contributed by atoms with E-state index in [0.29, 0.717) is 0 Å². The number of alkyl carbamates (subject to hydrolysis) is 1. The number of aliphatic hydroxyl groups is 3. The molecule has 18 heavy (non-hydrogen) atoms. The number of carbonyl (C=O) groups is 1. The van der Waals surface area contributed by atoms with Crippen molar-refractivity contribution in [3.63, 3.8) is 0 Å². The lowest BCUT2D eigenvalue weighted by molar-refractivity contribution is -0.143. The molecule has 1 heterocycles. The van der Waals surface area contributed by atoms with Gasteiger partial charge in [0.25, 0.3) is 0 Å². The Bertz CT molecular complexity index is 300. The summed E-state index contributed by atoms with van der Waals surface area (Å²) in [5, 5.41) is 30.9. The van der Waals surface area contributed by atoms with Gasteiger partial charge in [-0.15, -0.1) is 0 Å². The molecule has 1 rings (SSSR count). The van der Waals surface area contributed by atoms with Crippen LogP contribution in [0.4, 0.5) is 4.79 Å². The minimum atomic E-state index is -1.44. The van der Waals surface area contributed by atoms with Gasteiger partial charge in [-0.25, -0.2) is 4.79 Å². The minimum absolute atomic E-state index is 0.673. The van der Waals surface area contributed by atoms with Gasteiger partial charge >= 0.3 is 6.09 Å². The van der Waals surface area contributed by atoms with Crippen LogP contribution in [0.2, 0.25) is 0 Å². The molecule has 0 aliphatic carbocycles. The van der Waals surface area contributed by atoms with E-state index < -0.39 is 42.3 Å². The molecule has 0 unspecified atom stereocenters. The van der Waals surface area contributed by atoms with Crippen molar-refractivity contribution >= 4 is 6.09 Å². The standard InChI is InChI=1S/C11H21NO6/c1-5(13)8-6(7(14)9(15)17-8)12-10(16)18-11(2,3)4/h5-9,13-15H,1-4H3,(H,12,16)/t5-,6-,7+,8+,9-/m0/s1. The Kier molecular flexibility index (Phi) is 4.55. The zero-order valence-electron chi connectivity index (χ0n) is 11.0. The summed E-state index contributed by atoms with van der Waals surface area (Å²) < 4.78 is 10.00. The van der Waals surface area contributed by atoms with E-state index in [9.17, 15) is 20.1 Å². The molecule has 1 amide bonds. The molecule has 0 spiro atoms. The number of carbonyl (C=O) groups excluding carboxylic acids is 1. The molecule has 1 saturated heterocycles. The number of hydrogen-bond donors (Lipinski definition) is 4. The fourth-order valence-electron chi connectivity index (χ4n) is 1.72. The predicted octanol–water partition coefficient (Wildman–Crippen LogP) is -0.661. The van der Waals surface area contributed by atoms with Gasteiger partial charge in [0.05, 0.1) is 12.1 Å². The van der Waals surface area contributed by atoms with Crippen molar-refractivity contribution < 1.29 is 29.6 Å². The molecule has 7 heteroatoms. The lowest BCUT2D eigenvalue weighted by Crippen LogP contribution is -2.51. The van der Waals surface area contributed by atoms with Crippen molar-refractivity contribution in [2.75, 3.05) is 0 Å². The smallest absolute Gasteiger partial charge is 0.408 e. The summed E-state index contributed by atoms with van der Waals surface area (Å²) in [6, 6.07) is -0.921. The van der Waals surface area contributed by atoms with Crippen molar-refractivity contribution in [3.8, 4) is 0 Å². The van der Waals surface area contributed by atoms with Crippen LogP contribution in [0.15, 0.2) is 0 Å². The van der Waals surface area contributed by atoms with Gasteiger partial charge in [-0.3, -0.25) is 0 Å². The van der Waals surface area contributed by atoms with Crippen molar-refractivity contribution in [1.29, 1.82) is 0 Å². The fraction of sp³-hybridized carbons (Fsp3) is 0.909. The van der Waals surface area contributed by atoms with Crippen molar-refractivity contribution in [3.05, 3.63) is 0 Å². The number of rotatable bonds is 2. The Labute approximate surface area is 106 Å². The molecule has 0 aromatic carbocycles. The highest BCUT2D eigenvalue weighted by atomic mass is 16.6. The predicted molar refractivity (Wildman–Crippen MR) is 61.7 cm³/mol. The fourth-order valence-corrected chi connectivity index (χ4v) is 1.72. The number of hydrogen-bond acceptors (Lipinski definition) is 6. The molecule has 1 aliphatic heterocycles. The van der Waals surface area contributed by atoms with E-state index in [2.05, 4.69) is 5.32 Å². The second kappa shape index (κ2) is 5.40. The highest BCUT2D eigenvalue weighted by Gasteiger charge is 2.46. The highest BCUT2D eigenvalue weighted by Crippen LogP contribution is 2.22. The van der Waals surface area contributed by atoms with Gasteiger partial charge in [0.1, 0.15) is 17.8 Å². The molecule has 106 valence electrons. The molecule has 0 saturated carbocycles. The van der Waals surface area contributed by atoms with E-state index in [1.807, 2.05) is 0 Å². The first kappa shape index (κ1) is 15.2. The third-order valence-electron chi connectivity index (χ3n) is 2.47. The zero-order valence-corrected chi connectivity index (χ0v) is 11.0. The molecule has 7 nitrogen and oxygen atoms in total. The highest BCUT2D eigenvalue weighted by molar-refractivity contribution is 5.68. The van der Waals surface area contributed by atoms with E-state index in [-0.39, 0.29) is 0 Å². The molecule has 1 fully saturated rings. The van der Waals surface area contributed by atoms with Crippen molar-refractivity contribution in [1.82, 2.24) is 5.32 Å². The van der Waals surface area contributed by atoms with E-state index in [4.69, 9.17) is 9.47 Å². The first-order chi connectivity index (χ1) is 8.11. The van der Waals surface area contributed by atoms with Crippen LogP contribution in [-0.4, -0.2) is 57.7 Å². The summed E-state index contributed by atoms with van der Waals surface area (Å²) >= 11 is 0. The van der Waals surface area contributed by atoms with Gasteiger partial charge in [-0.05, 0) is 27.7 Å². The Morgan fingerprint density at radius 1 is 1.39 bits per heavy atom. The Morgan fingerprint density at radius 3 is 2.39 bits per heavy atom. The Hall–Kier alpha value is -0.890. The van der Waals surface area contributed by atoms with Crippen LogP contribution in [0.25, 0.3) is 0 Å². The van der Waals surface area contributed by atoms with Crippen LogP contribution in [0.5, 0.6) is 0 Å². The second-order valence-corrected chi connectivity index (χ2v) is 5.39. The first-order valence-electron chi connectivity index (χ1n) is 5.81. The van der Waals surface area contributed by atoms with Crippen LogP contribution >= 0.6 is 0 Å². The Balaban J connectivity index is 2.66. The normalized spacial score (nSPS) is 34.2. The van der Waals surface area contributed by atoms with Crippen LogP contribution < -0.4 is 5.32 Å². The van der Waals surface area contributed by atoms with Gasteiger partial charge in [-0.1, -0.05) is 0 Å². The summed E-state index contributed by atoms with van der Waals surface area (Å²) in [6.07, 6.45) is -5.32. The van der Waals surface area contributed by atoms with Crippen LogP contribution in [0.1, 0.15) is 27.7 Å². The minimum Gasteiger partial charge on any atom is -0.444 e. The number of nitrogens with one attached hydrogen (secondary N) is 1. The number of amides is 1. The summed E-state index contributed by atoms with van der Waals surface area (Å²) in [4.78, 5) is 11.6. The van der Waals surface area contributed by atoms with Gasteiger partial charge in [0, 0.05) is 0 Å².